The van der Waals surface area contributed by atoms with Gasteiger partial charge in [0.2, 0.25) is 5.88 Å². The van der Waals surface area contributed by atoms with Gasteiger partial charge in [-0.05, 0) is 17.7 Å². The Labute approximate surface area is 155 Å². The van der Waals surface area contributed by atoms with E-state index in [1.807, 2.05) is 20.8 Å². The molecule has 1 aromatic carbocycles. The van der Waals surface area contributed by atoms with E-state index in [-0.39, 0.29) is 17.7 Å². The fraction of sp³-hybridized carbons (Fsp3) is 0.353. The van der Waals surface area contributed by atoms with Crippen LogP contribution in [-0.2, 0) is 26.2 Å². The van der Waals surface area contributed by atoms with Crippen LogP contribution in [0.1, 0.15) is 32.0 Å². The molecule has 8 heteroatoms. The van der Waals surface area contributed by atoms with E-state index in [9.17, 15) is 9.59 Å². The second-order valence-corrected chi connectivity index (χ2v) is 7.29. The number of carbonyl (C=O) groups excluding carboxylic acids is 2. The van der Waals surface area contributed by atoms with Gasteiger partial charge >= 0.3 is 5.97 Å². The van der Waals surface area contributed by atoms with E-state index in [0.717, 1.165) is 0 Å². The third kappa shape index (κ3) is 5.76. The molecule has 1 N–H and O–H groups in total. The third-order valence-electron chi connectivity index (χ3n) is 3.26. The van der Waals surface area contributed by atoms with Gasteiger partial charge in [0.25, 0.3) is 5.91 Å². The van der Waals surface area contributed by atoms with Gasteiger partial charge in [-0.3, -0.25) is 14.9 Å². The van der Waals surface area contributed by atoms with E-state index in [1.165, 1.54) is 6.07 Å². The molecule has 0 spiro atoms. The number of amides is 1. The maximum atomic E-state index is 11.8. The molecule has 134 valence electrons. The molecule has 25 heavy (non-hydrogen) atoms. The van der Waals surface area contributed by atoms with Crippen LogP contribution in [-0.4, -0.2) is 23.6 Å². The van der Waals surface area contributed by atoms with Crippen LogP contribution < -0.4 is 5.32 Å². The van der Waals surface area contributed by atoms with Crippen LogP contribution >= 0.6 is 23.2 Å². The molecule has 0 unspecified atom stereocenters. The Morgan fingerprint density at radius 2 is 1.96 bits per heavy atom. The lowest BCUT2D eigenvalue weighted by molar-refractivity contribution is -0.146. The first-order valence-electron chi connectivity index (χ1n) is 7.52. The molecule has 0 bridgehead atoms. The lowest BCUT2D eigenvalue weighted by Crippen LogP contribution is -2.21. The van der Waals surface area contributed by atoms with Crippen molar-refractivity contribution in [1.82, 2.24) is 5.16 Å². The molecule has 0 atom stereocenters. The molecule has 0 saturated carbocycles. The van der Waals surface area contributed by atoms with Crippen molar-refractivity contribution in [2.24, 2.45) is 0 Å². The summed E-state index contributed by atoms with van der Waals surface area (Å²) in [6, 6.07) is 6.43. The highest BCUT2D eigenvalue weighted by Crippen LogP contribution is 2.24. The quantitative estimate of drug-likeness (QED) is 0.787. The Bertz CT molecular complexity index is 781. The number of nitrogens with zero attached hydrogens (tertiary/aromatic N) is 1. The van der Waals surface area contributed by atoms with Gasteiger partial charge in [0, 0.05) is 21.5 Å². The van der Waals surface area contributed by atoms with E-state index in [0.29, 0.717) is 21.3 Å². The monoisotopic (exact) mass is 384 g/mol. The van der Waals surface area contributed by atoms with Crippen LogP contribution in [0.4, 0.5) is 5.88 Å². The number of carbonyl (C=O) groups is 2. The van der Waals surface area contributed by atoms with Crippen molar-refractivity contribution >= 4 is 41.0 Å². The zero-order valence-corrected chi connectivity index (χ0v) is 15.6. The van der Waals surface area contributed by atoms with Crippen molar-refractivity contribution in [1.29, 1.82) is 0 Å². The molecular weight excluding hydrogens is 367 g/mol. The highest BCUT2D eigenvalue weighted by atomic mass is 35.5. The average molecular weight is 385 g/mol. The molecule has 6 nitrogen and oxygen atoms in total. The SMILES string of the molecule is CC(C)(C)c1cc(NC(=O)COC(=O)Cc2ccc(Cl)cc2Cl)on1. The highest BCUT2D eigenvalue weighted by Gasteiger charge is 2.20. The van der Waals surface area contributed by atoms with Crippen LogP contribution in [0, 0.1) is 0 Å². The minimum atomic E-state index is -0.577. The summed E-state index contributed by atoms with van der Waals surface area (Å²) in [5.41, 5.74) is 1.08. The molecule has 0 fully saturated rings. The fourth-order valence-corrected chi connectivity index (χ4v) is 2.35. The number of nitrogens with one attached hydrogen (secondary N) is 1. The van der Waals surface area contributed by atoms with Gasteiger partial charge in [-0.1, -0.05) is 55.2 Å². The van der Waals surface area contributed by atoms with E-state index in [2.05, 4.69) is 10.5 Å². The minimum Gasteiger partial charge on any atom is -0.455 e. The van der Waals surface area contributed by atoms with Crippen molar-refractivity contribution < 1.29 is 18.8 Å². The second-order valence-electron chi connectivity index (χ2n) is 6.45. The summed E-state index contributed by atoms with van der Waals surface area (Å²) < 4.78 is 9.97. The van der Waals surface area contributed by atoms with E-state index >= 15 is 0 Å². The van der Waals surface area contributed by atoms with Crippen molar-refractivity contribution in [3.05, 3.63) is 45.6 Å². The summed E-state index contributed by atoms with van der Waals surface area (Å²) in [5, 5.41) is 7.21. The Morgan fingerprint density at radius 3 is 2.56 bits per heavy atom. The van der Waals surface area contributed by atoms with Gasteiger partial charge in [0.05, 0.1) is 12.1 Å². The van der Waals surface area contributed by atoms with E-state index < -0.39 is 18.5 Å². The predicted octanol–water partition coefficient (Wildman–Crippen LogP) is 4.00. The summed E-state index contributed by atoms with van der Waals surface area (Å²) in [6.45, 7) is 5.48. The number of halogens is 2. The fourth-order valence-electron chi connectivity index (χ4n) is 1.88. The number of hydrogen-bond donors (Lipinski definition) is 1. The summed E-state index contributed by atoms with van der Waals surface area (Å²) in [4.78, 5) is 23.6. The number of anilines is 1. The van der Waals surface area contributed by atoms with Gasteiger partial charge < -0.3 is 9.26 Å². The van der Waals surface area contributed by atoms with E-state index in [1.54, 1.807) is 18.2 Å². The number of esters is 1. The minimum absolute atomic E-state index is 0.0558. The van der Waals surface area contributed by atoms with Gasteiger partial charge in [-0.25, -0.2) is 0 Å². The smallest absolute Gasteiger partial charge is 0.310 e. The molecule has 0 aliphatic heterocycles. The average Bonchev–Trinajstić information content (AvgIpc) is 2.97. The summed E-state index contributed by atoms with van der Waals surface area (Å²) in [5.74, 6) is -0.897. The van der Waals surface area contributed by atoms with Crippen LogP contribution in [0.2, 0.25) is 10.0 Å². The zero-order chi connectivity index (χ0) is 18.6. The molecular formula is C17H18Cl2N2O4. The molecule has 0 aliphatic carbocycles. The summed E-state index contributed by atoms with van der Waals surface area (Å²) >= 11 is 11.8. The number of aromatic nitrogens is 1. The van der Waals surface area contributed by atoms with E-state index in [4.69, 9.17) is 32.5 Å². The van der Waals surface area contributed by atoms with Crippen LogP contribution in [0.15, 0.2) is 28.8 Å². The lowest BCUT2D eigenvalue weighted by Gasteiger charge is -2.12. The first-order chi connectivity index (χ1) is 11.6. The topological polar surface area (TPSA) is 81.4 Å². The Kier molecular flexibility index (Phi) is 6.08. The van der Waals surface area contributed by atoms with Crippen molar-refractivity contribution in [3.8, 4) is 0 Å². The van der Waals surface area contributed by atoms with Crippen molar-refractivity contribution in [3.63, 3.8) is 0 Å². The molecule has 2 rings (SSSR count). The molecule has 0 aliphatic rings. The molecule has 1 heterocycles. The molecule has 0 radical (unpaired) electrons. The van der Waals surface area contributed by atoms with Gasteiger partial charge in [0.1, 0.15) is 0 Å². The highest BCUT2D eigenvalue weighted by molar-refractivity contribution is 6.35. The Hall–Kier alpha value is -2.05. The summed E-state index contributed by atoms with van der Waals surface area (Å²) in [6.07, 6.45) is -0.0558. The van der Waals surface area contributed by atoms with Crippen molar-refractivity contribution in [2.45, 2.75) is 32.6 Å². The van der Waals surface area contributed by atoms with Crippen LogP contribution in [0.3, 0.4) is 0 Å². The van der Waals surface area contributed by atoms with Gasteiger partial charge in [-0.2, -0.15) is 0 Å². The van der Waals surface area contributed by atoms with Crippen molar-refractivity contribution in [2.75, 3.05) is 11.9 Å². The second kappa shape index (κ2) is 7.89. The molecule has 0 saturated heterocycles. The molecule has 2 aromatic rings. The number of rotatable bonds is 5. The lowest BCUT2D eigenvalue weighted by atomic mass is 9.92. The van der Waals surface area contributed by atoms with Crippen LogP contribution in [0.5, 0.6) is 0 Å². The standard InChI is InChI=1S/C17H18Cl2N2O4/c1-17(2,3)13-8-15(25-21-13)20-14(22)9-24-16(23)6-10-4-5-11(18)7-12(10)19/h4-5,7-8H,6,9H2,1-3H3,(H,20,22). The Morgan fingerprint density at radius 1 is 1.24 bits per heavy atom. The Balaban J connectivity index is 1.83. The number of hydrogen-bond acceptors (Lipinski definition) is 5. The van der Waals surface area contributed by atoms with Gasteiger partial charge in [-0.15, -0.1) is 0 Å². The molecule has 1 amide bonds. The maximum Gasteiger partial charge on any atom is 0.310 e. The van der Waals surface area contributed by atoms with Gasteiger partial charge in [0.15, 0.2) is 6.61 Å². The van der Waals surface area contributed by atoms with Crippen LogP contribution in [0.25, 0.3) is 0 Å². The third-order valence-corrected chi connectivity index (χ3v) is 3.84. The first-order valence-corrected chi connectivity index (χ1v) is 8.27. The predicted molar refractivity (Wildman–Crippen MR) is 95.0 cm³/mol. The number of benzene rings is 1. The molecule has 1 aromatic heterocycles. The first kappa shape index (κ1) is 19.3. The normalized spacial score (nSPS) is 11.2. The summed E-state index contributed by atoms with van der Waals surface area (Å²) in [7, 11) is 0. The zero-order valence-electron chi connectivity index (χ0n) is 14.1. The maximum absolute atomic E-state index is 11.8. The largest absolute Gasteiger partial charge is 0.455 e. The number of ether oxygens (including phenoxy) is 1.